The highest BCUT2D eigenvalue weighted by atomic mass is 79.9. The van der Waals surface area contributed by atoms with Gasteiger partial charge in [0.25, 0.3) is 11.8 Å². The van der Waals surface area contributed by atoms with Crippen LogP contribution in [0.4, 0.5) is 10.5 Å². The van der Waals surface area contributed by atoms with E-state index in [2.05, 4.69) is 21.2 Å². The molecule has 0 unspecified atom stereocenters. The third-order valence-corrected chi connectivity index (χ3v) is 5.20. The van der Waals surface area contributed by atoms with Crippen molar-refractivity contribution in [1.29, 1.82) is 0 Å². The zero-order chi connectivity index (χ0) is 20.6. The van der Waals surface area contributed by atoms with Gasteiger partial charge in [0.2, 0.25) is 0 Å². The highest BCUT2D eigenvalue weighted by Crippen LogP contribution is 2.35. The highest BCUT2D eigenvalue weighted by Gasteiger charge is 2.37. The van der Waals surface area contributed by atoms with Crippen LogP contribution in [0.25, 0.3) is 6.08 Å². The van der Waals surface area contributed by atoms with Crippen molar-refractivity contribution >= 4 is 57.1 Å². The molecule has 1 heterocycles. The van der Waals surface area contributed by atoms with Gasteiger partial charge in [0.05, 0.1) is 12.8 Å². The summed E-state index contributed by atoms with van der Waals surface area (Å²) < 4.78 is 5.83. The smallest absolute Gasteiger partial charge is 0.335 e. The molecule has 7 nitrogen and oxygen atoms in total. The Labute approximate surface area is 173 Å². The number of carbonyl (C=O) groups is 3. The van der Waals surface area contributed by atoms with E-state index < -0.39 is 17.8 Å². The number of benzene rings is 2. The Kier molecular flexibility index (Phi) is 5.44. The average Bonchev–Trinajstić information content (AvgIpc) is 2.63. The van der Waals surface area contributed by atoms with Gasteiger partial charge in [-0.2, -0.15) is 0 Å². The minimum Gasteiger partial charge on any atom is -0.504 e. The second-order valence-corrected chi connectivity index (χ2v) is 7.23. The number of aryl methyl sites for hydroxylation is 1. The summed E-state index contributed by atoms with van der Waals surface area (Å²) in [6.07, 6.45) is 1.16. The number of amides is 4. The van der Waals surface area contributed by atoms with E-state index in [1.54, 1.807) is 25.1 Å². The predicted octanol–water partition coefficient (Wildman–Crippen LogP) is 3.79. The number of urea groups is 1. The van der Waals surface area contributed by atoms with E-state index in [4.69, 9.17) is 16.3 Å². The van der Waals surface area contributed by atoms with Crippen LogP contribution in [0.5, 0.6) is 11.5 Å². The Morgan fingerprint density at radius 2 is 1.93 bits per heavy atom. The summed E-state index contributed by atoms with van der Waals surface area (Å²) >= 11 is 9.35. The number of rotatable bonds is 3. The third-order valence-electron chi connectivity index (χ3n) is 4.09. The molecule has 0 aliphatic carbocycles. The van der Waals surface area contributed by atoms with Crippen LogP contribution in [0.15, 0.2) is 40.4 Å². The van der Waals surface area contributed by atoms with Crippen LogP contribution in [0.3, 0.4) is 0 Å². The molecular formula is C19H14BrClN2O5. The lowest BCUT2D eigenvalue weighted by atomic mass is 10.1. The highest BCUT2D eigenvalue weighted by molar-refractivity contribution is 9.10. The second kappa shape index (κ2) is 7.65. The number of hydrogen-bond donors (Lipinski definition) is 2. The summed E-state index contributed by atoms with van der Waals surface area (Å²) in [5.41, 5.74) is 0.871. The van der Waals surface area contributed by atoms with E-state index in [1.165, 1.54) is 19.2 Å². The Hall–Kier alpha value is -2.84. The molecule has 2 N–H and O–H groups in total. The average molecular weight is 466 g/mol. The van der Waals surface area contributed by atoms with Crippen molar-refractivity contribution in [2.45, 2.75) is 6.92 Å². The first kappa shape index (κ1) is 19.9. The normalized spacial score (nSPS) is 15.8. The Bertz CT molecular complexity index is 1050. The van der Waals surface area contributed by atoms with E-state index in [9.17, 15) is 19.5 Å². The lowest BCUT2D eigenvalue weighted by Crippen LogP contribution is -2.54. The van der Waals surface area contributed by atoms with Crippen LogP contribution in [0, 0.1) is 6.92 Å². The number of phenolic OH excluding ortho intramolecular Hbond substituents is 1. The van der Waals surface area contributed by atoms with Gasteiger partial charge < -0.3 is 9.84 Å². The van der Waals surface area contributed by atoms with Gasteiger partial charge >= 0.3 is 6.03 Å². The zero-order valence-electron chi connectivity index (χ0n) is 14.7. The second-order valence-electron chi connectivity index (χ2n) is 5.94. The van der Waals surface area contributed by atoms with Crippen LogP contribution >= 0.6 is 27.5 Å². The predicted molar refractivity (Wildman–Crippen MR) is 108 cm³/mol. The maximum absolute atomic E-state index is 12.9. The Morgan fingerprint density at radius 1 is 1.21 bits per heavy atom. The Balaban J connectivity index is 2.09. The standard InChI is InChI=1S/C19H14BrClN2O5/c1-9-5-12(3-4-14(9)20)23-18(26)13(17(25)22-19(23)27)7-10-6-11(21)8-15(28-2)16(10)24/h3-8,24H,1-2H3,(H,22,25,27). The van der Waals surface area contributed by atoms with Crippen LogP contribution in [0.2, 0.25) is 5.02 Å². The van der Waals surface area contributed by atoms with Crippen molar-refractivity contribution in [2.24, 2.45) is 0 Å². The molecule has 4 amide bonds. The molecule has 9 heteroatoms. The van der Waals surface area contributed by atoms with Gasteiger partial charge in [0, 0.05) is 21.1 Å². The minimum absolute atomic E-state index is 0.0829. The van der Waals surface area contributed by atoms with Crippen LogP contribution in [-0.2, 0) is 9.59 Å². The van der Waals surface area contributed by atoms with Gasteiger partial charge in [-0.3, -0.25) is 14.9 Å². The molecule has 1 aliphatic rings. The fourth-order valence-electron chi connectivity index (χ4n) is 2.68. The molecule has 2 aromatic carbocycles. The van der Waals surface area contributed by atoms with Crippen LogP contribution in [-0.4, -0.2) is 30.1 Å². The number of phenols is 1. The molecule has 1 fully saturated rings. The molecule has 0 spiro atoms. The summed E-state index contributed by atoms with van der Waals surface area (Å²) in [6, 6.07) is 6.80. The van der Waals surface area contributed by atoms with Gasteiger partial charge in [0.15, 0.2) is 11.5 Å². The van der Waals surface area contributed by atoms with Crippen molar-refractivity contribution in [2.75, 3.05) is 12.0 Å². The minimum atomic E-state index is -0.876. The molecule has 0 bridgehead atoms. The number of nitrogens with zero attached hydrogens (tertiary/aromatic N) is 1. The third kappa shape index (κ3) is 3.61. The number of carbonyl (C=O) groups excluding carboxylic acids is 3. The molecule has 1 aliphatic heterocycles. The largest absolute Gasteiger partial charge is 0.504 e. The SMILES string of the molecule is COc1cc(Cl)cc(C=C2C(=O)NC(=O)N(c3ccc(Br)c(C)c3)C2=O)c1O. The summed E-state index contributed by atoms with van der Waals surface area (Å²) in [4.78, 5) is 38.3. The Morgan fingerprint density at radius 3 is 2.57 bits per heavy atom. The topological polar surface area (TPSA) is 95.9 Å². The van der Waals surface area contributed by atoms with Crippen molar-refractivity contribution in [3.8, 4) is 11.5 Å². The number of methoxy groups -OCH3 is 1. The van der Waals surface area contributed by atoms with Crippen LogP contribution in [0.1, 0.15) is 11.1 Å². The molecule has 144 valence electrons. The number of ether oxygens (including phenoxy) is 1. The van der Waals surface area contributed by atoms with E-state index in [1.807, 2.05) is 0 Å². The van der Waals surface area contributed by atoms with E-state index in [0.29, 0.717) is 5.69 Å². The van der Waals surface area contributed by atoms with Crippen molar-refractivity contribution in [3.63, 3.8) is 0 Å². The quantitative estimate of drug-likeness (QED) is 0.531. The molecule has 0 saturated carbocycles. The summed E-state index contributed by atoms with van der Waals surface area (Å²) in [5, 5.41) is 12.6. The van der Waals surface area contributed by atoms with E-state index >= 15 is 0 Å². The number of hydrogen-bond acceptors (Lipinski definition) is 5. The number of nitrogens with one attached hydrogen (secondary N) is 1. The summed E-state index contributed by atoms with van der Waals surface area (Å²) in [5.74, 6) is -1.91. The van der Waals surface area contributed by atoms with Gasteiger partial charge in [-0.15, -0.1) is 0 Å². The van der Waals surface area contributed by atoms with Gasteiger partial charge in [-0.25, -0.2) is 9.69 Å². The van der Waals surface area contributed by atoms with Crippen molar-refractivity contribution in [1.82, 2.24) is 5.32 Å². The van der Waals surface area contributed by atoms with Crippen molar-refractivity contribution < 1.29 is 24.2 Å². The number of anilines is 1. The maximum Gasteiger partial charge on any atom is 0.335 e. The molecule has 0 aromatic heterocycles. The molecule has 3 rings (SSSR count). The maximum atomic E-state index is 12.9. The van der Waals surface area contributed by atoms with Gasteiger partial charge in [0.1, 0.15) is 5.57 Å². The fraction of sp³-hybridized carbons (Fsp3) is 0.105. The van der Waals surface area contributed by atoms with E-state index in [0.717, 1.165) is 21.0 Å². The number of barbiturate groups is 1. The van der Waals surface area contributed by atoms with Gasteiger partial charge in [-0.1, -0.05) is 27.5 Å². The lowest BCUT2D eigenvalue weighted by molar-refractivity contribution is -0.122. The van der Waals surface area contributed by atoms with E-state index in [-0.39, 0.29) is 27.7 Å². The molecule has 2 aromatic rings. The van der Waals surface area contributed by atoms with Crippen LogP contribution < -0.4 is 15.0 Å². The summed E-state index contributed by atoms with van der Waals surface area (Å²) in [6.45, 7) is 1.80. The monoisotopic (exact) mass is 464 g/mol. The molecule has 1 saturated heterocycles. The number of imide groups is 2. The number of halogens is 2. The van der Waals surface area contributed by atoms with Crippen molar-refractivity contribution in [3.05, 3.63) is 56.5 Å². The summed E-state index contributed by atoms with van der Waals surface area (Å²) in [7, 11) is 1.34. The number of aromatic hydroxyl groups is 1. The molecular weight excluding hydrogens is 452 g/mol. The first-order valence-corrected chi connectivity index (χ1v) is 9.14. The van der Waals surface area contributed by atoms with Gasteiger partial charge in [-0.05, 0) is 42.8 Å². The molecule has 0 radical (unpaired) electrons. The zero-order valence-corrected chi connectivity index (χ0v) is 17.1. The first-order chi connectivity index (χ1) is 13.2. The first-order valence-electron chi connectivity index (χ1n) is 7.97. The molecule has 28 heavy (non-hydrogen) atoms. The fourth-order valence-corrected chi connectivity index (χ4v) is 3.14. The molecule has 0 atom stereocenters. The lowest BCUT2D eigenvalue weighted by Gasteiger charge is -2.26.